The molecule has 4 aromatic rings. The predicted octanol–water partition coefficient (Wildman–Crippen LogP) is 3.20. The number of hydrogen-bond donors (Lipinski definition) is 2. The van der Waals surface area contributed by atoms with Crippen LogP contribution in [0.5, 0.6) is 17.4 Å². The zero-order chi connectivity index (χ0) is 27.8. The van der Waals surface area contributed by atoms with Crippen LogP contribution < -0.4 is 18.9 Å². The Kier molecular flexibility index (Phi) is 7.03. The maximum absolute atomic E-state index is 12.9. The molecule has 0 unspecified atom stereocenters. The van der Waals surface area contributed by atoms with Crippen LogP contribution >= 0.6 is 0 Å². The van der Waals surface area contributed by atoms with Gasteiger partial charge in [0.15, 0.2) is 11.6 Å². The highest BCUT2D eigenvalue weighted by molar-refractivity contribution is 7.92. The lowest BCUT2D eigenvalue weighted by Gasteiger charge is -2.40. The second-order valence-electron chi connectivity index (χ2n) is 9.67. The number of methoxy groups -OCH3 is 2. The van der Waals surface area contributed by atoms with Crippen LogP contribution in [0.4, 0.5) is 5.82 Å². The van der Waals surface area contributed by atoms with Gasteiger partial charge in [-0.3, -0.25) is 9.29 Å². The van der Waals surface area contributed by atoms with E-state index < -0.39 is 15.6 Å². The fraction of sp³-hybridized carbons (Fsp3) is 0.385. The summed E-state index contributed by atoms with van der Waals surface area (Å²) in [6.07, 6.45) is 0.853. The van der Waals surface area contributed by atoms with Gasteiger partial charge in [0.1, 0.15) is 22.9 Å². The third kappa shape index (κ3) is 5.45. The van der Waals surface area contributed by atoms with Crippen LogP contribution in [-0.2, 0) is 10.0 Å². The number of hydrogen-bond acceptors (Lipinski definition) is 10. The number of imidazole rings is 1. The van der Waals surface area contributed by atoms with E-state index in [1.165, 1.54) is 0 Å². The van der Waals surface area contributed by atoms with Crippen molar-refractivity contribution in [1.82, 2.24) is 24.7 Å². The van der Waals surface area contributed by atoms with E-state index in [4.69, 9.17) is 19.2 Å². The number of sulfonamides is 1. The van der Waals surface area contributed by atoms with Gasteiger partial charge in [-0.2, -0.15) is 0 Å². The lowest BCUT2D eigenvalue weighted by molar-refractivity contribution is -0.0494. The van der Waals surface area contributed by atoms with Gasteiger partial charge in [0.25, 0.3) is 0 Å². The molecule has 1 saturated carbocycles. The SMILES string of the molecule is CCOc1cccc(-c2nc3nnc(NS(=O)(=O)CC4CC(C)(O)C4)cc3n2-c2c(OC)cccc2OC)n1. The van der Waals surface area contributed by atoms with E-state index in [0.717, 1.165) is 0 Å². The van der Waals surface area contributed by atoms with Gasteiger partial charge in [0.05, 0.1) is 37.7 Å². The van der Waals surface area contributed by atoms with Crippen LogP contribution in [0.2, 0.25) is 0 Å². The molecular formula is C26H30N6O6S. The smallest absolute Gasteiger partial charge is 0.234 e. The standard InChI is InChI=1S/C26H30N6O6S/c1-5-38-22-11-6-8-17(27-22)25-28-24-18(32(25)23-19(36-3)9-7-10-20(23)37-4)12-21(29-30-24)31-39(34,35)15-16-13-26(2,33)14-16/h6-12,16,33H,5,13-15H2,1-4H3,(H,29,31). The third-order valence-corrected chi connectivity index (χ3v) is 7.89. The molecule has 0 atom stereocenters. The Hall–Kier alpha value is -3.97. The van der Waals surface area contributed by atoms with Crippen LogP contribution in [0.25, 0.3) is 28.4 Å². The van der Waals surface area contributed by atoms with Crippen molar-refractivity contribution in [3.05, 3.63) is 42.5 Å². The number of fused-ring (bicyclic) bond motifs is 1. The number of para-hydroxylation sites is 1. The van der Waals surface area contributed by atoms with Crippen LogP contribution in [0.1, 0.15) is 26.7 Å². The van der Waals surface area contributed by atoms with E-state index in [2.05, 4.69) is 19.9 Å². The van der Waals surface area contributed by atoms with Gasteiger partial charge in [-0.15, -0.1) is 10.2 Å². The number of aliphatic hydroxyl groups is 1. The molecule has 0 saturated heterocycles. The van der Waals surface area contributed by atoms with E-state index in [0.29, 0.717) is 59.5 Å². The maximum atomic E-state index is 12.9. The first-order chi connectivity index (χ1) is 18.6. The highest BCUT2D eigenvalue weighted by Crippen LogP contribution is 2.39. The summed E-state index contributed by atoms with van der Waals surface area (Å²) in [5.74, 6) is 1.59. The topological polar surface area (TPSA) is 151 Å². The molecule has 206 valence electrons. The van der Waals surface area contributed by atoms with Gasteiger partial charge in [-0.1, -0.05) is 12.1 Å². The number of aromatic nitrogens is 5. The summed E-state index contributed by atoms with van der Waals surface area (Å²) in [5.41, 5.74) is 0.923. The zero-order valence-corrected chi connectivity index (χ0v) is 22.9. The molecule has 1 aliphatic carbocycles. The van der Waals surface area contributed by atoms with Crippen molar-refractivity contribution in [2.75, 3.05) is 31.3 Å². The molecule has 0 aliphatic heterocycles. The first kappa shape index (κ1) is 26.6. The number of nitrogens with one attached hydrogen (secondary N) is 1. The van der Waals surface area contributed by atoms with E-state index in [9.17, 15) is 13.5 Å². The van der Waals surface area contributed by atoms with Crippen molar-refractivity contribution in [2.24, 2.45) is 5.92 Å². The van der Waals surface area contributed by atoms with Gasteiger partial charge >= 0.3 is 0 Å². The van der Waals surface area contributed by atoms with Crippen molar-refractivity contribution in [2.45, 2.75) is 32.3 Å². The first-order valence-electron chi connectivity index (χ1n) is 12.4. The summed E-state index contributed by atoms with van der Waals surface area (Å²) in [6, 6.07) is 12.3. The molecule has 1 aromatic carbocycles. The Morgan fingerprint density at radius 1 is 1.08 bits per heavy atom. The van der Waals surface area contributed by atoms with Crippen LogP contribution in [0.3, 0.4) is 0 Å². The molecule has 0 radical (unpaired) electrons. The predicted molar refractivity (Wildman–Crippen MR) is 145 cm³/mol. The van der Waals surface area contributed by atoms with Gasteiger partial charge in [-0.05, 0) is 50.8 Å². The van der Waals surface area contributed by atoms with Crippen molar-refractivity contribution < 1.29 is 27.7 Å². The second kappa shape index (κ2) is 10.3. The van der Waals surface area contributed by atoms with Crippen molar-refractivity contribution in [3.8, 4) is 34.6 Å². The van der Waals surface area contributed by atoms with Crippen molar-refractivity contribution >= 4 is 27.0 Å². The summed E-state index contributed by atoms with van der Waals surface area (Å²) < 4.78 is 47.0. The molecule has 0 spiro atoms. The van der Waals surface area contributed by atoms with Gasteiger partial charge in [0, 0.05) is 12.1 Å². The zero-order valence-electron chi connectivity index (χ0n) is 22.1. The Morgan fingerprint density at radius 3 is 2.41 bits per heavy atom. The molecule has 39 heavy (non-hydrogen) atoms. The van der Waals surface area contributed by atoms with E-state index >= 15 is 0 Å². The molecule has 0 bridgehead atoms. The fourth-order valence-electron chi connectivity index (χ4n) is 4.96. The van der Waals surface area contributed by atoms with Crippen molar-refractivity contribution in [1.29, 1.82) is 0 Å². The van der Waals surface area contributed by atoms with Gasteiger partial charge in [0.2, 0.25) is 21.6 Å². The highest BCUT2D eigenvalue weighted by atomic mass is 32.2. The lowest BCUT2D eigenvalue weighted by Crippen LogP contribution is -2.44. The molecule has 5 rings (SSSR count). The highest BCUT2D eigenvalue weighted by Gasteiger charge is 2.40. The van der Waals surface area contributed by atoms with Gasteiger partial charge < -0.3 is 19.3 Å². The number of benzene rings is 1. The molecule has 3 aromatic heterocycles. The monoisotopic (exact) mass is 554 g/mol. The Bertz CT molecular complexity index is 1590. The third-order valence-electron chi connectivity index (χ3n) is 6.46. The Morgan fingerprint density at radius 2 is 1.77 bits per heavy atom. The summed E-state index contributed by atoms with van der Waals surface area (Å²) >= 11 is 0. The van der Waals surface area contributed by atoms with E-state index in [1.807, 2.05) is 6.92 Å². The molecule has 12 nitrogen and oxygen atoms in total. The van der Waals surface area contributed by atoms with Crippen LogP contribution in [0.15, 0.2) is 42.5 Å². The number of nitrogens with zero attached hydrogens (tertiary/aromatic N) is 5. The number of pyridine rings is 1. The summed E-state index contributed by atoms with van der Waals surface area (Å²) in [4.78, 5) is 9.29. The lowest BCUT2D eigenvalue weighted by atomic mass is 9.73. The minimum atomic E-state index is -3.75. The average Bonchev–Trinajstić information content (AvgIpc) is 3.25. The maximum Gasteiger partial charge on any atom is 0.234 e. The van der Waals surface area contributed by atoms with Crippen LogP contribution in [-0.4, -0.2) is 70.4 Å². The summed E-state index contributed by atoms with van der Waals surface area (Å²) in [7, 11) is -0.658. The molecule has 13 heteroatoms. The minimum Gasteiger partial charge on any atom is -0.494 e. The number of ether oxygens (including phenoxy) is 3. The molecule has 1 fully saturated rings. The molecule has 3 heterocycles. The quantitative estimate of drug-likeness (QED) is 0.299. The minimum absolute atomic E-state index is 0.0335. The Labute approximate surface area is 226 Å². The Balaban J connectivity index is 1.64. The first-order valence-corrected chi connectivity index (χ1v) is 14.1. The molecule has 0 amide bonds. The molecule has 2 N–H and O–H groups in total. The summed E-state index contributed by atoms with van der Waals surface area (Å²) in [5, 5.41) is 18.3. The van der Waals surface area contributed by atoms with E-state index in [1.54, 1.807) is 68.2 Å². The number of rotatable bonds is 10. The fourth-order valence-corrected chi connectivity index (χ4v) is 6.32. The molecule has 1 aliphatic rings. The summed E-state index contributed by atoms with van der Waals surface area (Å²) in [6.45, 7) is 4.02. The van der Waals surface area contributed by atoms with Crippen LogP contribution in [0, 0.1) is 5.92 Å². The second-order valence-corrected chi connectivity index (χ2v) is 11.4. The largest absolute Gasteiger partial charge is 0.494 e. The molecular weight excluding hydrogens is 524 g/mol. The van der Waals surface area contributed by atoms with E-state index in [-0.39, 0.29) is 23.1 Å². The number of anilines is 1. The average molecular weight is 555 g/mol. The van der Waals surface area contributed by atoms with Gasteiger partial charge in [-0.25, -0.2) is 18.4 Å². The van der Waals surface area contributed by atoms with Crippen molar-refractivity contribution in [3.63, 3.8) is 0 Å². The normalized spacial score (nSPS) is 18.9.